The fourth-order valence-electron chi connectivity index (χ4n) is 5.30. The highest BCUT2D eigenvalue weighted by atomic mass is 16.3. The third-order valence-corrected chi connectivity index (χ3v) is 6.88. The maximum atomic E-state index is 13.3. The van der Waals surface area contributed by atoms with Crippen molar-refractivity contribution in [2.45, 2.75) is 18.9 Å². The van der Waals surface area contributed by atoms with Crippen LogP contribution in [0.5, 0.6) is 0 Å². The standard InChI is InChI=1S/C27H23N3O4/c31-25(24-6-3-11-34-24)28-22-9-10-23-21-12-17(15-30(23)27(22)33)14-29(16-21)26(32)20-8-7-18-4-1-2-5-19(18)13-20/h1-11,13,17,21H,12,14-16H2,(H,28,31)/t17-,21-/m1/s1. The van der Waals surface area contributed by atoms with Gasteiger partial charge in [0, 0.05) is 36.8 Å². The number of carbonyl (C=O) groups is 2. The molecule has 1 N–H and O–H groups in total. The Hall–Kier alpha value is -4.13. The number of benzene rings is 2. The summed E-state index contributed by atoms with van der Waals surface area (Å²) in [5.41, 5.74) is 1.61. The number of fused-ring (bicyclic) bond motifs is 5. The number of nitrogens with zero attached hydrogens (tertiary/aromatic N) is 2. The smallest absolute Gasteiger partial charge is 0.291 e. The van der Waals surface area contributed by atoms with Crippen LogP contribution in [0.3, 0.4) is 0 Å². The Morgan fingerprint density at radius 1 is 0.912 bits per heavy atom. The topological polar surface area (TPSA) is 84.5 Å². The van der Waals surface area contributed by atoms with E-state index in [0.717, 1.165) is 22.9 Å². The molecule has 2 amide bonds. The molecule has 0 saturated carbocycles. The number of piperidine rings is 1. The maximum Gasteiger partial charge on any atom is 0.291 e. The fourth-order valence-corrected chi connectivity index (χ4v) is 5.30. The Balaban J connectivity index is 1.25. The van der Waals surface area contributed by atoms with E-state index in [1.807, 2.05) is 53.4 Å². The van der Waals surface area contributed by atoms with Gasteiger partial charge in [0.1, 0.15) is 5.69 Å². The molecule has 1 saturated heterocycles. The molecule has 7 nitrogen and oxygen atoms in total. The summed E-state index contributed by atoms with van der Waals surface area (Å²) in [6.07, 6.45) is 2.36. The van der Waals surface area contributed by atoms with E-state index >= 15 is 0 Å². The SMILES string of the molecule is O=C(Nc1ccc2n(c1=O)C[C@@H]1C[C@@H]2CN(C(=O)c2ccc3ccccc3c2)C1)c1ccco1. The van der Waals surface area contributed by atoms with Crippen LogP contribution >= 0.6 is 0 Å². The zero-order chi connectivity index (χ0) is 23.2. The average Bonchev–Trinajstić information content (AvgIpc) is 3.40. The average molecular weight is 453 g/mol. The van der Waals surface area contributed by atoms with Gasteiger partial charge in [-0.25, -0.2) is 0 Å². The summed E-state index contributed by atoms with van der Waals surface area (Å²) in [5, 5.41) is 4.82. The first-order chi connectivity index (χ1) is 16.6. The molecule has 0 radical (unpaired) electrons. The summed E-state index contributed by atoms with van der Waals surface area (Å²) in [7, 11) is 0. The Kier molecular flexibility index (Phi) is 4.83. The van der Waals surface area contributed by atoms with Gasteiger partial charge in [0.05, 0.1) is 6.26 Å². The lowest BCUT2D eigenvalue weighted by Crippen LogP contribution is -2.49. The van der Waals surface area contributed by atoms with Crippen LogP contribution in [-0.4, -0.2) is 34.4 Å². The molecule has 4 aromatic rings. The van der Waals surface area contributed by atoms with Crippen LogP contribution in [0.4, 0.5) is 5.69 Å². The molecule has 0 unspecified atom stereocenters. The van der Waals surface area contributed by atoms with Crippen molar-refractivity contribution in [3.05, 3.63) is 100 Å². The monoisotopic (exact) mass is 453 g/mol. The highest BCUT2D eigenvalue weighted by Crippen LogP contribution is 2.36. The largest absolute Gasteiger partial charge is 0.459 e. The van der Waals surface area contributed by atoms with Gasteiger partial charge in [-0.2, -0.15) is 0 Å². The van der Waals surface area contributed by atoms with Gasteiger partial charge in [0.25, 0.3) is 17.4 Å². The van der Waals surface area contributed by atoms with Gasteiger partial charge < -0.3 is 19.2 Å². The van der Waals surface area contributed by atoms with Gasteiger partial charge in [-0.3, -0.25) is 14.4 Å². The third-order valence-electron chi connectivity index (χ3n) is 6.88. The maximum absolute atomic E-state index is 13.3. The van der Waals surface area contributed by atoms with Gasteiger partial charge in [-0.1, -0.05) is 30.3 Å². The Morgan fingerprint density at radius 3 is 2.59 bits per heavy atom. The van der Waals surface area contributed by atoms with Crippen LogP contribution in [0.2, 0.25) is 0 Å². The lowest BCUT2D eigenvalue weighted by atomic mass is 9.83. The number of nitrogens with one attached hydrogen (secondary N) is 1. The minimum Gasteiger partial charge on any atom is -0.459 e. The molecule has 2 aliphatic heterocycles. The number of hydrogen-bond acceptors (Lipinski definition) is 4. The summed E-state index contributed by atoms with van der Waals surface area (Å²) in [4.78, 5) is 40.7. The van der Waals surface area contributed by atoms with Crippen molar-refractivity contribution in [1.29, 1.82) is 0 Å². The van der Waals surface area contributed by atoms with Crippen molar-refractivity contribution in [1.82, 2.24) is 9.47 Å². The van der Waals surface area contributed by atoms with E-state index in [1.165, 1.54) is 6.26 Å². The Morgan fingerprint density at radius 2 is 1.76 bits per heavy atom. The molecule has 34 heavy (non-hydrogen) atoms. The summed E-state index contributed by atoms with van der Waals surface area (Å²) < 4.78 is 6.88. The normalized spacial score (nSPS) is 19.0. The molecule has 0 spiro atoms. The molecule has 1 fully saturated rings. The molecule has 2 aromatic carbocycles. The van der Waals surface area contributed by atoms with Crippen molar-refractivity contribution < 1.29 is 14.0 Å². The van der Waals surface area contributed by atoms with E-state index in [4.69, 9.17) is 4.42 Å². The van der Waals surface area contributed by atoms with Gasteiger partial charge in [-0.15, -0.1) is 0 Å². The number of amides is 2. The highest BCUT2D eigenvalue weighted by molar-refractivity contribution is 6.02. The van der Waals surface area contributed by atoms with Crippen LogP contribution in [0.15, 0.2) is 82.2 Å². The second-order valence-corrected chi connectivity index (χ2v) is 9.09. The van der Waals surface area contributed by atoms with Crippen LogP contribution < -0.4 is 10.9 Å². The van der Waals surface area contributed by atoms with Crippen LogP contribution in [-0.2, 0) is 6.54 Å². The summed E-state index contributed by atoms with van der Waals surface area (Å²) in [6, 6.07) is 20.6. The molecule has 7 heteroatoms. The zero-order valence-electron chi connectivity index (χ0n) is 18.4. The molecule has 0 aliphatic carbocycles. The van der Waals surface area contributed by atoms with Gasteiger partial charge in [0.15, 0.2) is 5.76 Å². The third kappa shape index (κ3) is 3.50. The molecular weight excluding hydrogens is 430 g/mol. The molecular formula is C27H23N3O4. The van der Waals surface area contributed by atoms with E-state index in [0.29, 0.717) is 25.2 Å². The first-order valence-electron chi connectivity index (χ1n) is 11.4. The summed E-state index contributed by atoms with van der Waals surface area (Å²) >= 11 is 0. The van der Waals surface area contributed by atoms with Gasteiger partial charge in [-0.05, 0) is 59.5 Å². The first-order valence-corrected chi connectivity index (χ1v) is 11.4. The minimum atomic E-state index is -0.453. The zero-order valence-corrected chi connectivity index (χ0v) is 18.4. The van der Waals surface area contributed by atoms with E-state index in [-0.39, 0.29) is 34.7 Å². The van der Waals surface area contributed by atoms with E-state index in [9.17, 15) is 14.4 Å². The number of aromatic nitrogens is 1. The molecule has 4 heterocycles. The predicted octanol–water partition coefficient (Wildman–Crippen LogP) is 4.11. The number of hydrogen-bond donors (Lipinski definition) is 1. The summed E-state index contributed by atoms with van der Waals surface area (Å²) in [5.74, 6) is -0.00459. The van der Waals surface area contributed by atoms with E-state index in [1.54, 1.807) is 22.8 Å². The quantitative estimate of drug-likeness (QED) is 0.506. The number of furan rings is 1. The van der Waals surface area contributed by atoms with Crippen LogP contribution in [0, 0.1) is 5.92 Å². The second kappa shape index (κ2) is 8.02. The van der Waals surface area contributed by atoms with Gasteiger partial charge >= 0.3 is 0 Å². The second-order valence-electron chi connectivity index (χ2n) is 9.09. The lowest BCUT2D eigenvalue weighted by molar-refractivity contribution is 0.0594. The van der Waals surface area contributed by atoms with Crippen molar-refractivity contribution in [2.75, 3.05) is 18.4 Å². The van der Waals surface area contributed by atoms with Gasteiger partial charge in [0.2, 0.25) is 0 Å². The van der Waals surface area contributed by atoms with E-state index in [2.05, 4.69) is 5.32 Å². The van der Waals surface area contributed by atoms with Crippen molar-refractivity contribution >= 4 is 28.3 Å². The molecule has 6 rings (SSSR count). The molecule has 2 atom stereocenters. The van der Waals surface area contributed by atoms with E-state index < -0.39 is 5.91 Å². The molecule has 2 bridgehead atoms. The number of anilines is 1. The molecule has 170 valence electrons. The molecule has 2 aromatic heterocycles. The fraction of sp³-hybridized carbons (Fsp3) is 0.222. The van der Waals surface area contributed by atoms with Crippen molar-refractivity contribution in [3.63, 3.8) is 0 Å². The Bertz CT molecular complexity index is 1470. The minimum absolute atomic E-state index is 0.0265. The molecule has 2 aliphatic rings. The highest BCUT2D eigenvalue weighted by Gasteiger charge is 2.37. The first kappa shape index (κ1) is 20.5. The number of rotatable bonds is 3. The van der Waals surface area contributed by atoms with Crippen molar-refractivity contribution in [3.8, 4) is 0 Å². The van der Waals surface area contributed by atoms with Crippen LogP contribution in [0.25, 0.3) is 10.8 Å². The van der Waals surface area contributed by atoms with Crippen LogP contribution in [0.1, 0.15) is 38.9 Å². The lowest BCUT2D eigenvalue weighted by Gasteiger charge is -2.43. The summed E-state index contributed by atoms with van der Waals surface area (Å²) in [6.45, 7) is 1.70. The predicted molar refractivity (Wildman–Crippen MR) is 128 cm³/mol. The van der Waals surface area contributed by atoms with Crippen molar-refractivity contribution in [2.24, 2.45) is 5.92 Å². The number of likely N-dealkylation sites (tertiary alicyclic amines) is 1. The number of carbonyl (C=O) groups excluding carboxylic acids is 2. The number of pyridine rings is 1. The Labute approximate surface area is 195 Å².